The fourth-order valence-electron chi connectivity index (χ4n) is 0.0962. The van der Waals surface area contributed by atoms with Crippen LogP contribution in [0.2, 0.25) is 6.55 Å². The monoisotopic (exact) mass is 179 g/mol. The van der Waals surface area contributed by atoms with E-state index in [1.807, 2.05) is 6.55 Å². The van der Waals surface area contributed by atoms with E-state index >= 15 is 0 Å². The smallest absolute Gasteiger partial charge is 0.317 e. The first-order valence-corrected chi connectivity index (χ1v) is 5.88. The van der Waals surface area contributed by atoms with Crippen LogP contribution in [0.3, 0.4) is 0 Å². The zero-order chi connectivity index (χ0) is 9.28. The van der Waals surface area contributed by atoms with Crippen molar-refractivity contribution in [2.75, 3.05) is 34.9 Å². The minimum Gasteiger partial charge on any atom is -0.400 e. The molecule has 0 heterocycles. The Bertz CT molecular complexity index is 67.5. The summed E-state index contributed by atoms with van der Waals surface area (Å²) in [6, 6.07) is 0. The first-order chi connectivity index (χ1) is 5.08. The van der Waals surface area contributed by atoms with Gasteiger partial charge in [0, 0.05) is 14.2 Å². The molecule has 3 nitrogen and oxygen atoms in total. The van der Waals surface area contributed by atoms with Crippen molar-refractivity contribution in [3.8, 4) is 0 Å². The van der Waals surface area contributed by atoms with Crippen LogP contribution in [0.4, 0.5) is 0 Å². The Labute approximate surface area is 72.1 Å². The summed E-state index contributed by atoms with van der Waals surface area (Å²) in [5, 5.41) is 0. The standard InChI is InChI=1S/C4H11N.C3H10O2Si/c1-4-5(2)3;1-4-6(3)5-2/h4H2,1-3H3;6H,1-3H3. The van der Waals surface area contributed by atoms with Gasteiger partial charge in [-0.2, -0.15) is 0 Å². The molecule has 0 spiro atoms. The van der Waals surface area contributed by atoms with E-state index in [1.54, 1.807) is 14.2 Å². The van der Waals surface area contributed by atoms with Crippen LogP contribution in [-0.2, 0) is 8.85 Å². The first-order valence-electron chi connectivity index (χ1n) is 3.78. The van der Waals surface area contributed by atoms with Gasteiger partial charge in [-0.25, -0.2) is 0 Å². The van der Waals surface area contributed by atoms with E-state index in [0.717, 1.165) is 6.54 Å². The molecule has 0 bridgehead atoms. The number of hydrogen-bond acceptors (Lipinski definition) is 3. The van der Waals surface area contributed by atoms with Gasteiger partial charge in [0.05, 0.1) is 0 Å². The molecular formula is C7H21NO2Si. The highest BCUT2D eigenvalue weighted by atomic mass is 28.3. The van der Waals surface area contributed by atoms with Gasteiger partial charge in [0.1, 0.15) is 0 Å². The van der Waals surface area contributed by atoms with Crippen molar-refractivity contribution >= 4 is 9.28 Å². The zero-order valence-electron chi connectivity index (χ0n) is 8.55. The quantitative estimate of drug-likeness (QED) is 0.595. The van der Waals surface area contributed by atoms with E-state index in [0.29, 0.717) is 0 Å². The molecule has 0 aliphatic heterocycles. The molecule has 0 fully saturated rings. The molecule has 0 rings (SSSR count). The van der Waals surface area contributed by atoms with Gasteiger partial charge >= 0.3 is 9.28 Å². The van der Waals surface area contributed by atoms with Crippen LogP contribution in [0.15, 0.2) is 0 Å². The predicted molar refractivity (Wildman–Crippen MR) is 51.3 cm³/mol. The van der Waals surface area contributed by atoms with Crippen LogP contribution in [0.5, 0.6) is 0 Å². The molecule has 0 aromatic rings. The molecule has 0 radical (unpaired) electrons. The summed E-state index contributed by atoms with van der Waals surface area (Å²) in [4.78, 5) is 2.12. The molecule has 0 N–H and O–H groups in total. The predicted octanol–water partition coefficient (Wildman–Crippen LogP) is 0.697. The third-order valence-electron chi connectivity index (χ3n) is 1.30. The van der Waals surface area contributed by atoms with E-state index < -0.39 is 9.28 Å². The second kappa shape index (κ2) is 10.1. The van der Waals surface area contributed by atoms with Crippen molar-refractivity contribution in [2.45, 2.75) is 13.5 Å². The maximum Gasteiger partial charge on any atom is 0.317 e. The van der Waals surface area contributed by atoms with Gasteiger partial charge in [0.15, 0.2) is 0 Å². The van der Waals surface area contributed by atoms with E-state index in [-0.39, 0.29) is 0 Å². The van der Waals surface area contributed by atoms with Crippen LogP contribution in [-0.4, -0.2) is 49.0 Å². The Morgan fingerprint density at radius 3 is 1.45 bits per heavy atom. The first kappa shape index (κ1) is 13.7. The molecule has 0 unspecified atom stereocenters. The third kappa shape index (κ3) is 17.8. The van der Waals surface area contributed by atoms with Crippen LogP contribution in [0, 0.1) is 0 Å². The fraction of sp³-hybridized carbons (Fsp3) is 1.00. The Balaban J connectivity index is 0. The van der Waals surface area contributed by atoms with Crippen LogP contribution in [0.25, 0.3) is 0 Å². The summed E-state index contributed by atoms with van der Waals surface area (Å²) in [7, 11) is 6.28. The number of rotatable bonds is 3. The minimum atomic E-state index is -1.16. The Morgan fingerprint density at radius 2 is 1.45 bits per heavy atom. The minimum absolute atomic E-state index is 1.14. The Kier molecular flexibility index (Phi) is 12.5. The van der Waals surface area contributed by atoms with E-state index in [9.17, 15) is 0 Å². The number of nitrogens with zero attached hydrogens (tertiary/aromatic N) is 1. The van der Waals surface area contributed by atoms with Crippen LogP contribution in [0.1, 0.15) is 6.92 Å². The van der Waals surface area contributed by atoms with Gasteiger partial charge in [-0.3, -0.25) is 0 Å². The van der Waals surface area contributed by atoms with Crippen molar-refractivity contribution in [3.05, 3.63) is 0 Å². The maximum absolute atomic E-state index is 4.82. The van der Waals surface area contributed by atoms with Gasteiger partial charge in [0.25, 0.3) is 0 Å². The fourth-order valence-corrected chi connectivity index (χ4v) is 0.289. The lowest BCUT2D eigenvalue weighted by molar-refractivity contribution is 0.285. The maximum atomic E-state index is 4.82. The molecule has 70 valence electrons. The summed E-state index contributed by atoms with van der Waals surface area (Å²) >= 11 is 0. The van der Waals surface area contributed by atoms with Gasteiger partial charge in [-0.05, 0) is 27.2 Å². The lowest BCUT2D eigenvalue weighted by Gasteiger charge is -2.00. The van der Waals surface area contributed by atoms with Crippen molar-refractivity contribution in [3.63, 3.8) is 0 Å². The molecule has 0 amide bonds. The van der Waals surface area contributed by atoms with Crippen LogP contribution < -0.4 is 0 Å². The van der Waals surface area contributed by atoms with Crippen molar-refractivity contribution in [2.24, 2.45) is 0 Å². The summed E-state index contributed by atoms with van der Waals surface area (Å²) in [5.41, 5.74) is 0. The molecule has 0 saturated carbocycles. The molecule has 0 saturated heterocycles. The number of hydrogen-bond donors (Lipinski definition) is 0. The van der Waals surface area contributed by atoms with Crippen molar-refractivity contribution < 1.29 is 8.85 Å². The lowest BCUT2D eigenvalue weighted by atomic mass is 10.7. The SMILES string of the molecule is CCN(C)C.CO[SiH](C)OC. The van der Waals surface area contributed by atoms with Crippen molar-refractivity contribution in [1.82, 2.24) is 4.90 Å². The second-order valence-corrected chi connectivity index (χ2v) is 4.51. The summed E-state index contributed by atoms with van der Waals surface area (Å²) in [6.45, 7) is 5.24. The second-order valence-electron chi connectivity index (χ2n) is 2.43. The molecule has 0 atom stereocenters. The third-order valence-corrected chi connectivity index (χ3v) is 2.62. The topological polar surface area (TPSA) is 21.7 Å². The normalized spacial score (nSPS) is 9.82. The average Bonchev–Trinajstić information content (AvgIpc) is 2.04. The van der Waals surface area contributed by atoms with Gasteiger partial charge in [-0.15, -0.1) is 0 Å². The zero-order valence-corrected chi connectivity index (χ0v) is 9.70. The molecule has 0 aliphatic rings. The summed E-state index contributed by atoms with van der Waals surface area (Å²) in [6.07, 6.45) is 0. The summed E-state index contributed by atoms with van der Waals surface area (Å²) < 4.78 is 9.63. The summed E-state index contributed by atoms with van der Waals surface area (Å²) in [5.74, 6) is 0. The lowest BCUT2D eigenvalue weighted by Crippen LogP contribution is -2.12. The van der Waals surface area contributed by atoms with E-state index in [4.69, 9.17) is 8.85 Å². The largest absolute Gasteiger partial charge is 0.400 e. The Hall–Kier alpha value is 0.0969. The van der Waals surface area contributed by atoms with Crippen molar-refractivity contribution in [1.29, 1.82) is 0 Å². The van der Waals surface area contributed by atoms with Gasteiger partial charge < -0.3 is 13.8 Å². The molecular weight excluding hydrogens is 158 g/mol. The Morgan fingerprint density at radius 1 is 1.18 bits per heavy atom. The molecule has 0 aliphatic carbocycles. The highest BCUT2D eigenvalue weighted by molar-refractivity contribution is 6.42. The van der Waals surface area contributed by atoms with Gasteiger partial charge in [-0.1, -0.05) is 6.92 Å². The molecule has 11 heavy (non-hydrogen) atoms. The van der Waals surface area contributed by atoms with E-state index in [1.165, 1.54) is 0 Å². The molecule has 0 aromatic carbocycles. The average molecular weight is 179 g/mol. The van der Waals surface area contributed by atoms with Gasteiger partial charge in [0.2, 0.25) is 0 Å². The van der Waals surface area contributed by atoms with E-state index in [2.05, 4.69) is 25.9 Å². The molecule has 4 heteroatoms. The highest BCUT2D eigenvalue weighted by Gasteiger charge is 1.94. The molecule has 0 aromatic heterocycles. The highest BCUT2D eigenvalue weighted by Crippen LogP contribution is 1.77. The van der Waals surface area contributed by atoms with Crippen LogP contribution >= 0.6 is 0 Å².